The molecule has 0 radical (unpaired) electrons. The fourth-order valence-electron chi connectivity index (χ4n) is 2.41. The van der Waals surface area contributed by atoms with Crippen molar-refractivity contribution < 1.29 is 18.7 Å². The third kappa shape index (κ3) is 4.18. The Balaban J connectivity index is 1.77. The predicted molar refractivity (Wildman–Crippen MR) is 98.5 cm³/mol. The van der Waals surface area contributed by atoms with Crippen LogP contribution >= 0.6 is 0 Å². The van der Waals surface area contributed by atoms with Crippen molar-refractivity contribution in [1.29, 1.82) is 0 Å². The molecule has 7 nitrogen and oxygen atoms in total. The van der Waals surface area contributed by atoms with E-state index in [2.05, 4.69) is 15.6 Å². The fraction of sp³-hybridized carbons (Fsp3) is 0.211. The summed E-state index contributed by atoms with van der Waals surface area (Å²) in [6, 6.07) is 12.0. The number of nitrogens with one attached hydrogen (secondary N) is 2. The first-order chi connectivity index (χ1) is 12.4. The van der Waals surface area contributed by atoms with Gasteiger partial charge in [-0.05, 0) is 44.2 Å². The lowest BCUT2D eigenvalue weighted by Crippen LogP contribution is -2.13. The average molecular weight is 353 g/mol. The van der Waals surface area contributed by atoms with E-state index in [1.54, 1.807) is 42.5 Å². The highest BCUT2D eigenvalue weighted by atomic mass is 16.5. The van der Waals surface area contributed by atoms with E-state index < -0.39 is 0 Å². The van der Waals surface area contributed by atoms with Crippen molar-refractivity contribution in [2.24, 2.45) is 0 Å². The Bertz CT molecular complexity index is 962. The Morgan fingerprint density at radius 3 is 2.65 bits per heavy atom. The maximum Gasteiger partial charge on any atom is 0.302 e. The lowest BCUT2D eigenvalue weighted by atomic mass is 10.2. The highest BCUT2D eigenvalue weighted by Gasteiger charge is 2.13. The SMILES string of the molecule is CC(=O)Nc1ccc2nc(NC(=O)c3cccc(OC(C)C)c3)oc2c1. The Kier molecular flexibility index (Phi) is 4.88. The van der Waals surface area contributed by atoms with Gasteiger partial charge in [-0.25, -0.2) is 0 Å². The number of carbonyl (C=O) groups is 2. The van der Waals surface area contributed by atoms with Crippen molar-refractivity contribution in [1.82, 2.24) is 4.98 Å². The van der Waals surface area contributed by atoms with Crippen molar-refractivity contribution in [2.75, 3.05) is 10.6 Å². The van der Waals surface area contributed by atoms with Gasteiger partial charge < -0.3 is 14.5 Å². The first kappa shape index (κ1) is 17.5. The molecule has 3 aromatic rings. The predicted octanol–water partition coefficient (Wildman–Crippen LogP) is 3.83. The first-order valence-electron chi connectivity index (χ1n) is 8.17. The van der Waals surface area contributed by atoms with Gasteiger partial charge in [0, 0.05) is 24.2 Å². The van der Waals surface area contributed by atoms with E-state index in [1.807, 2.05) is 13.8 Å². The largest absolute Gasteiger partial charge is 0.491 e. The average Bonchev–Trinajstić information content (AvgIpc) is 2.95. The van der Waals surface area contributed by atoms with Crippen LogP contribution in [-0.4, -0.2) is 22.9 Å². The number of amides is 2. The molecule has 0 aliphatic carbocycles. The van der Waals surface area contributed by atoms with Crippen LogP contribution in [0.5, 0.6) is 5.75 Å². The third-order valence-corrected chi connectivity index (χ3v) is 3.40. The van der Waals surface area contributed by atoms with E-state index in [4.69, 9.17) is 9.15 Å². The Morgan fingerprint density at radius 1 is 1.12 bits per heavy atom. The molecule has 2 N–H and O–H groups in total. The smallest absolute Gasteiger partial charge is 0.302 e. The van der Waals surface area contributed by atoms with Crippen LogP contribution in [0.2, 0.25) is 0 Å². The molecule has 0 bridgehead atoms. The van der Waals surface area contributed by atoms with Gasteiger partial charge in [-0.1, -0.05) is 6.07 Å². The van der Waals surface area contributed by atoms with Gasteiger partial charge in [0.15, 0.2) is 5.58 Å². The zero-order chi connectivity index (χ0) is 18.7. The summed E-state index contributed by atoms with van der Waals surface area (Å²) in [4.78, 5) is 27.8. The molecule has 134 valence electrons. The number of hydrogen-bond donors (Lipinski definition) is 2. The highest BCUT2D eigenvalue weighted by molar-refractivity contribution is 6.03. The molecule has 2 amide bonds. The molecule has 0 aliphatic heterocycles. The van der Waals surface area contributed by atoms with Crippen molar-refractivity contribution in [2.45, 2.75) is 26.9 Å². The van der Waals surface area contributed by atoms with Crippen molar-refractivity contribution >= 4 is 34.6 Å². The number of hydrogen-bond acceptors (Lipinski definition) is 5. The van der Waals surface area contributed by atoms with Crippen LogP contribution in [0.25, 0.3) is 11.1 Å². The topological polar surface area (TPSA) is 93.5 Å². The number of nitrogens with zero attached hydrogens (tertiary/aromatic N) is 1. The lowest BCUT2D eigenvalue weighted by Gasteiger charge is -2.10. The molecule has 0 saturated carbocycles. The molecular formula is C19H19N3O4. The minimum Gasteiger partial charge on any atom is -0.491 e. The quantitative estimate of drug-likeness (QED) is 0.727. The van der Waals surface area contributed by atoms with Crippen LogP contribution in [0.3, 0.4) is 0 Å². The number of ether oxygens (including phenoxy) is 1. The summed E-state index contributed by atoms with van der Waals surface area (Å²) < 4.78 is 11.1. The molecule has 2 aromatic carbocycles. The van der Waals surface area contributed by atoms with E-state index >= 15 is 0 Å². The molecule has 1 aromatic heterocycles. The second-order valence-corrected chi connectivity index (χ2v) is 6.03. The number of carbonyl (C=O) groups excluding carboxylic acids is 2. The highest BCUT2D eigenvalue weighted by Crippen LogP contribution is 2.23. The van der Waals surface area contributed by atoms with Gasteiger partial charge in [-0.15, -0.1) is 0 Å². The van der Waals surface area contributed by atoms with E-state index in [1.165, 1.54) is 6.92 Å². The molecule has 26 heavy (non-hydrogen) atoms. The number of benzene rings is 2. The second kappa shape index (κ2) is 7.26. The van der Waals surface area contributed by atoms with Gasteiger partial charge in [0.25, 0.3) is 5.91 Å². The Morgan fingerprint density at radius 2 is 1.92 bits per heavy atom. The normalized spacial score (nSPS) is 10.8. The molecule has 0 aliphatic rings. The Hall–Kier alpha value is -3.35. The van der Waals surface area contributed by atoms with Crippen LogP contribution in [-0.2, 0) is 4.79 Å². The summed E-state index contributed by atoms with van der Waals surface area (Å²) >= 11 is 0. The maximum atomic E-state index is 12.4. The van der Waals surface area contributed by atoms with E-state index in [0.29, 0.717) is 28.1 Å². The number of fused-ring (bicyclic) bond motifs is 1. The number of oxazole rings is 1. The maximum absolute atomic E-state index is 12.4. The Labute approximate surface area is 150 Å². The molecule has 1 heterocycles. The van der Waals surface area contributed by atoms with Crippen LogP contribution in [0.1, 0.15) is 31.1 Å². The number of anilines is 2. The van der Waals surface area contributed by atoms with Gasteiger partial charge in [-0.2, -0.15) is 4.98 Å². The first-order valence-corrected chi connectivity index (χ1v) is 8.17. The van der Waals surface area contributed by atoms with Crippen molar-refractivity contribution in [3.8, 4) is 5.75 Å². The van der Waals surface area contributed by atoms with E-state index in [-0.39, 0.29) is 23.9 Å². The van der Waals surface area contributed by atoms with Gasteiger partial charge in [0.1, 0.15) is 11.3 Å². The minimum absolute atomic E-state index is 0.0168. The summed E-state index contributed by atoms with van der Waals surface area (Å²) in [5, 5.41) is 5.30. The summed E-state index contributed by atoms with van der Waals surface area (Å²) in [5.41, 5.74) is 2.07. The summed E-state index contributed by atoms with van der Waals surface area (Å²) in [6.07, 6.45) is 0.0168. The molecule has 7 heteroatoms. The van der Waals surface area contributed by atoms with E-state index in [0.717, 1.165) is 0 Å². The molecule has 0 saturated heterocycles. The van der Waals surface area contributed by atoms with Crippen molar-refractivity contribution in [3.05, 3.63) is 48.0 Å². The molecule has 3 rings (SSSR count). The van der Waals surface area contributed by atoms with Gasteiger partial charge in [-0.3, -0.25) is 14.9 Å². The second-order valence-electron chi connectivity index (χ2n) is 6.03. The van der Waals surface area contributed by atoms with E-state index in [9.17, 15) is 9.59 Å². The molecule has 0 atom stereocenters. The molecule has 0 unspecified atom stereocenters. The van der Waals surface area contributed by atoms with Crippen LogP contribution in [0.15, 0.2) is 46.9 Å². The minimum atomic E-state index is -0.354. The standard InChI is InChI=1S/C19H19N3O4/c1-11(2)25-15-6-4-5-13(9-15)18(24)22-19-21-16-8-7-14(20-12(3)23)10-17(16)26-19/h4-11H,1-3H3,(H,20,23)(H,21,22,24). The van der Waals surface area contributed by atoms with Gasteiger partial charge >= 0.3 is 6.01 Å². The van der Waals surface area contributed by atoms with Crippen molar-refractivity contribution in [3.63, 3.8) is 0 Å². The fourth-order valence-corrected chi connectivity index (χ4v) is 2.41. The summed E-state index contributed by atoms with van der Waals surface area (Å²) in [6.45, 7) is 5.26. The van der Waals surface area contributed by atoms with Crippen LogP contribution in [0, 0.1) is 0 Å². The summed E-state index contributed by atoms with van der Waals surface area (Å²) in [5.74, 6) is 0.0823. The molecular weight excluding hydrogens is 334 g/mol. The number of aromatic nitrogens is 1. The van der Waals surface area contributed by atoms with Gasteiger partial charge in [0.2, 0.25) is 5.91 Å². The zero-order valence-electron chi connectivity index (χ0n) is 14.7. The zero-order valence-corrected chi connectivity index (χ0v) is 14.7. The monoisotopic (exact) mass is 353 g/mol. The molecule has 0 fully saturated rings. The van der Waals surface area contributed by atoms with Gasteiger partial charge in [0.05, 0.1) is 6.10 Å². The lowest BCUT2D eigenvalue weighted by molar-refractivity contribution is -0.114. The number of rotatable bonds is 5. The van der Waals surface area contributed by atoms with Crippen LogP contribution < -0.4 is 15.4 Å². The molecule has 0 spiro atoms. The van der Waals surface area contributed by atoms with Crippen LogP contribution in [0.4, 0.5) is 11.7 Å². The third-order valence-electron chi connectivity index (χ3n) is 3.40. The summed E-state index contributed by atoms with van der Waals surface area (Å²) in [7, 11) is 0.